The molecule has 154 valence electrons. The highest BCUT2D eigenvalue weighted by atomic mass is 127. The minimum atomic E-state index is -3.17. The molecule has 2 fully saturated rings. The molecule has 2 rings (SSSR count). The maximum Gasteiger partial charge on any atom is 0.191 e. The SMILES string of the molecule is CN=C(NCC1(CC(C)C)CCC1)NCC1(S(C)(=O)=O)CCOCC1.I. The number of guanidine groups is 1. The van der Waals surface area contributed by atoms with Crippen LogP contribution < -0.4 is 10.6 Å². The van der Waals surface area contributed by atoms with Crippen molar-refractivity contribution in [2.24, 2.45) is 16.3 Å². The van der Waals surface area contributed by atoms with Gasteiger partial charge in [-0.25, -0.2) is 8.42 Å². The molecule has 1 heterocycles. The van der Waals surface area contributed by atoms with E-state index >= 15 is 0 Å². The lowest BCUT2D eigenvalue weighted by molar-refractivity contribution is 0.0755. The summed E-state index contributed by atoms with van der Waals surface area (Å²) < 4.78 is 29.3. The summed E-state index contributed by atoms with van der Waals surface area (Å²) in [6.45, 7) is 6.82. The van der Waals surface area contributed by atoms with Gasteiger partial charge in [-0.1, -0.05) is 20.3 Å². The zero-order chi connectivity index (χ0) is 18.6. The van der Waals surface area contributed by atoms with E-state index in [4.69, 9.17) is 4.74 Å². The van der Waals surface area contributed by atoms with Gasteiger partial charge in [-0.15, -0.1) is 24.0 Å². The highest BCUT2D eigenvalue weighted by molar-refractivity contribution is 14.0. The fourth-order valence-electron chi connectivity index (χ4n) is 4.15. The predicted molar refractivity (Wildman–Crippen MR) is 118 cm³/mol. The van der Waals surface area contributed by atoms with Gasteiger partial charge in [-0.05, 0) is 43.4 Å². The molecule has 2 aliphatic rings. The third-order valence-electron chi connectivity index (χ3n) is 5.88. The number of halogens is 1. The van der Waals surface area contributed by atoms with Crippen molar-refractivity contribution in [2.75, 3.05) is 39.6 Å². The van der Waals surface area contributed by atoms with Crippen LogP contribution in [0.3, 0.4) is 0 Å². The van der Waals surface area contributed by atoms with Crippen LogP contribution in [0, 0.1) is 11.3 Å². The van der Waals surface area contributed by atoms with Crippen molar-refractivity contribution in [3.8, 4) is 0 Å². The zero-order valence-corrected chi connectivity index (χ0v) is 19.8. The van der Waals surface area contributed by atoms with E-state index in [2.05, 4.69) is 29.5 Å². The maximum absolute atomic E-state index is 12.3. The van der Waals surface area contributed by atoms with Crippen LogP contribution in [0.1, 0.15) is 52.4 Å². The number of aliphatic imine (C=N–C) groups is 1. The van der Waals surface area contributed by atoms with Gasteiger partial charge in [-0.3, -0.25) is 4.99 Å². The van der Waals surface area contributed by atoms with Gasteiger partial charge in [0.25, 0.3) is 0 Å². The smallest absolute Gasteiger partial charge is 0.191 e. The Hall–Kier alpha value is -0.0900. The number of hydrogen-bond donors (Lipinski definition) is 2. The monoisotopic (exact) mass is 501 g/mol. The Morgan fingerprint density at radius 3 is 2.12 bits per heavy atom. The van der Waals surface area contributed by atoms with Gasteiger partial charge < -0.3 is 15.4 Å². The van der Waals surface area contributed by atoms with E-state index < -0.39 is 14.6 Å². The highest BCUT2D eigenvalue weighted by Crippen LogP contribution is 2.45. The molecule has 6 nitrogen and oxygen atoms in total. The molecule has 8 heteroatoms. The third kappa shape index (κ3) is 5.95. The minimum Gasteiger partial charge on any atom is -0.381 e. The second-order valence-corrected chi connectivity index (χ2v) is 10.7. The summed E-state index contributed by atoms with van der Waals surface area (Å²) in [6, 6.07) is 0. The molecule has 1 saturated carbocycles. The van der Waals surface area contributed by atoms with Crippen molar-refractivity contribution < 1.29 is 13.2 Å². The first-order valence-corrected chi connectivity index (χ1v) is 11.3. The highest BCUT2D eigenvalue weighted by Gasteiger charge is 2.42. The molecule has 1 saturated heterocycles. The largest absolute Gasteiger partial charge is 0.381 e. The molecular formula is C18H36IN3O3S. The maximum atomic E-state index is 12.3. The fraction of sp³-hybridized carbons (Fsp3) is 0.944. The number of nitrogens with one attached hydrogen (secondary N) is 2. The first-order chi connectivity index (χ1) is 11.7. The molecule has 0 radical (unpaired) electrons. The fourth-order valence-corrected chi connectivity index (χ4v) is 5.40. The molecule has 0 bridgehead atoms. The molecule has 0 amide bonds. The quantitative estimate of drug-likeness (QED) is 0.319. The van der Waals surface area contributed by atoms with Gasteiger partial charge in [0.1, 0.15) is 0 Å². The summed E-state index contributed by atoms with van der Waals surface area (Å²) in [7, 11) is -1.43. The van der Waals surface area contributed by atoms with Gasteiger partial charge in [-0.2, -0.15) is 0 Å². The van der Waals surface area contributed by atoms with Crippen LogP contribution in [-0.4, -0.2) is 58.7 Å². The summed E-state index contributed by atoms with van der Waals surface area (Å²) >= 11 is 0. The average molecular weight is 501 g/mol. The average Bonchev–Trinajstić information content (AvgIpc) is 2.51. The van der Waals surface area contributed by atoms with Crippen molar-refractivity contribution in [3.05, 3.63) is 0 Å². The van der Waals surface area contributed by atoms with E-state index in [9.17, 15) is 8.42 Å². The summed E-state index contributed by atoms with van der Waals surface area (Å²) in [5.41, 5.74) is 0.374. The third-order valence-corrected chi connectivity index (χ3v) is 8.00. The van der Waals surface area contributed by atoms with Crippen LogP contribution >= 0.6 is 24.0 Å². The van der Waals surface area contributed by atoms with Crippen LogP contribution in [0.15, 0.2) is 4.99 Å². The van der Waals surface area contributed by atoms with Crippen molar-refractivity contribution in [2.45, 2.75) is 57.1 Å². The lowest BCUT2D eigenvalue weighted by Crippen LogP contribution is -2.55. The standard InChI is InChI=1S/C18H35N3O3S.HI/c1-15(2)12-17(6-5-7-17)13-20-16(19-3)21-14-18(25(4,22)23)8-10-24-11-9-18;/h15H,5-14H2,1-4H3,(H2,19,20,21);1H. The molecule has 0 aromatic carbocycles. The van der Waals surface area contributed by atoms with E-state index in [1.165, 1.54) is 31.9 Å². The Morgan fingerprint density at radius 1 is 1.12 bits per heavy atom. The Bertz CT molecular complexity index is 568. The normalized spacial score (nSPS) is 22.3. The van der Waals surface area contributed by atoms with E-state index in [-0.39, 0.29) is 24.0 Å². The summed E-state index contributed by atoms with van der Waals surface area (Å²) in [5, 5.41) is 6.70. The van der Waals surface area contributed by atoms with Gasteiger partial charge >= 0.3 is 0 Å². The summed E-state index contributed by atoms with van der Waals surface area (Å²) in [4.78, 5) is 4.29. The second kappa shape index (κ2) is 9.91. The molecule has 0 aromatic heterocycles. The topological polar surface area (TPSA) is 79.8 Å². The minimum absolute atomic E-state index is 0. The van der Waals surface area contributed by atoms with Crippen molar-refractivity contribution >= 4 is 39.8 Å². The number of ether oxygens (including phenoxy) is 1. The van der Waals surface area contributed by atoms with Gasteiger partial charge in [0, 0.05) is 39.6 Å². The zero-order valence-electron chi connectivity index (χ0n) is 16.6. The van der Waals surface area contributed by atoms with Crippen LogP contribution in [0.25, 0.3) is 0 Å². The van der Waals surface area contributed by atoms with Crippen LogP contribution in [0.5, 0.6) is 0 Å². The van der Waals surface area contributed by atoms with E-state index in [0.29, 0.717) is 49.9 Å². The Kier molecular flexibility index (Phi) is 9.13. The van der Waals surface area contributed by atoms with Crippen LogP contribution in [-0.2, 0) is 14.6 Å². The Balaban J connectivity index is 0.00000338. The molecule has 0 atom stereocenters. The lowest BCUT2D eigenvalue weighted by Gasteiger charge is -2.44. The Labute approximate surface area is 176 Å². The molecular weight excluding hydrogens is 465 g/mol. The van der Waals surface area contributed by atoms with Crippen molar-refractivity contribution in [1.29, 1.82) is 0 Å². The molecule has 26 heavy (non-hydrogen) atoms. The molecule has 0 aromatic rings. The second-order valence-electron chi connectivity index (χ2n) is 8.30. The number of sulfone groups is 1. The van der Waals surface area contributed by atoms with Crippen molar-refractivity contribution in [3.63, 3.8) is 0 Å². The van der Waals surface area contributed by atoms with E-state index in [1.54, 1.807) is 7.05 Å². The molecule has 2 N–H and O–H groups in total. The molecule has 1 aliphatic carbocycles. The molecule has 1 aliphatic heterocycles. The lowest BCUT2D eigenvalue weighted by atomic mass is 9.64. The van der Waals surface area contributed by atoms with E-state index in [1.807, 2.05) is 0 Å². The van der Waals surface area contributed by atoms with Crippen molar-refractivity contribution in [1.82, 2.24) is 10.6 Å². The molecule has 0 unspecified atom stereocenters. The number of rotatable bonds is 7. The predicted octanol–water partition coefficient (Wildman–Crippen LogP) is 2.58. The summed E-state index contributed by atoms with van der Waals surface area (Å²) in [5.74, 6) is 1.39. The van der Waals surface area contributed by atoms with Crippen LogP contribution in [0.4, 0.5) is 0 Å². The Morgan fingerprint density at radius 2 is 1.69 bits per heavy atom. The number of nitrogens with zero attached hydrogens (tertiary/aromatic N) is 1. The first-order valence-electron chi connectivity index (χ1n) is 9.44. The first kappa shape index (κ1) is 23.9. The van der Waals surface area contributed by atoms with Crippen LogP contribution in [0.2, 0.25) is 0 Å². The van der Waals surface area contributed by atoms with Gasteiger partial charge in [0.2, 0.25) is 0 Å². The van der Waals surface area contributed by atoms with E-state index in [0.717, 1.165) is 6.54 Å². The summed E-state index contributed by atoms with van der Waals surface area (Å²) in [6.07, 6.45) is 7.46. The molecule has 0 spiro atoms. The van der Waals surface area contributed by atoms with Gasteiger partial charge in [0.05, 0.1) is 4.75 Å². The number of hydrogen-bond acceptors (Lipinski definition) is 4. The van der Waals surface area contributed by atoms with Gasteiger partial charge in [0.15, 0.2) is 15.8 Å².